The smallest absolute Gasteiger partial charge is 0.264 e. The number of carbonyl (C=O) groups is 1. The molecule has 3 rings (SSSR count). The van der Waals surface area contributed by atoms with Gasteiger partial charge in [-0.1, -0.05) is 17.7 Å². The number of rotatable bonds is 6. The maximum Gasteiger partial charge on any atom is 0.264 e. The molecule has 6 nitrogen and oxygen atoms in total. The molecule has 8 heteroatoms. The first-order valence-corrected chi connectivity index (χ1v) is 10.9. The predicted molar refractivity (Wildman–Crippen MR) is 110 cm³/mol. The van der Waals surface area contributed by atoms with E-state index in [-0.39, 0.29) is 16.9 Å². The summed E-state index contributed by atoms with van der Waals surface area (Å²) in [7, 11) is -2.30. The molecular weight excluding hydrogens is 400 g/mol. The third-order valence-corrected chi connectivity index (χ3v) is 6.83. The van der Waals surface area contributed by atoms with Crippen molar-refractivity contribution < 1.29 is 17.9 Å². The van der Waals surface area contributed by atoms with Gasteiger partial charge in [0.25, 0.3) is 15.9 Å². The van der Waals surface area contributed by atoms with Crippen LogP contribution in [0.5, 0.6) is 0 Å². The molecule has 1 aliphatic rings. The Morgan fingerprint density at radius 3 is 2.61 bits per heavy atom. The number of ether oxygens (including phenoxy) is 1. The molecule has 1 atom stereocenters. The van der Waals surface area contributed by atoms with Crippen molar-refractivity contribution in [3.8, 4) is 0 Å². The number of nitrogens with zero attached hydrogens (tertiary/aromatic N) is 1. The van der Waals surface area contributed by atoms with E-state index in [4.69, 9.17) is 16.3 Å². The van der Waals surface area contributed by atoms with E-state index in [0.717, 1.165) is 25.0 Å². The second kappa shape index (κ2) is 8.51. The van der Waals surface area contributed by atoms with E-state index in [1.807, 2.05) is 0 Å². The largest absolute Gasteiger partial charge is 0.376 e. The average molecular weight is 423 g/mol. The Morgan fingerprint density at radius 1 is 1.25 bits per heavy atom. The highest BCUT2D eigenvalue weighted by Gasteiger charge is 2.24. The Labute approximate surface area is 170 Å². The normalized spacial score (nSPS) is 16.8. The van der Waals surface area contributed by atoms with Crippen LogP contribution in [0.25, 0.3) is 0 Å². The molecule has 2 aromatic rings. The number of anilines is 1. The van der Waals surface area contributed by atoms with Gasteiger partial charge in [0, 0.05) is 30.8 Å². The van der Waals surface area contributed by atoms with Crippen LogP contribution in [-0.2, 0) is 14.8 Å². The van der Waals surface area contributed by atoms with Crippen LogP contribution in [0.4, 0.5) is 5.69 Å². The summed E-state index contributed by atoms with van der Waals surface area (Å²) in [5.41, 5.74) is 1.59. The first-order chi connectivity index (χ1) is 13.3. The molecule has 0 aromatic heterocycles. The van der Waals surface area contributed by atoms with Crippen LogP contribution in [-0.4, -0.2) is 40.6 Å². The van der Waals surface area contributed by atoms with Crippen molar-refractivity contribution >= 4 is 33.2 Å². The lowest BCUT2D eigenvalue weighted by Gasteiger charge is -2.22. The monoisotopic (exact) mass is 422 g/mol. The first kappa shape index (κ1) is 20.6. The fraction of sp³-hybridized carbons (Fsp3) is 0.350. The van der Waals surface area contributed by atoms with Gasteiger partial charge < -0.3 is 10.1 Å². The van der Waals surface area contributed by atoms with Gasteiger partial charge in [-0.05, 0) is 61.7 Å². The number of nitrogens with one attached hydrogen (secondary N) is 1. The van der Waals surface area contributed by atoms with E-state index in [2.05, 4.69) is 5.32 Å². The molecule has 1 amide bonds. The van der Waals surface area contributed by atoms with Crippen LogP contribution < -0.4 is 9.62 Å². The summed E-state index contributed by atoms with van der Waals surface area (Å²) in [5, 5.41) is 3.32. The third-order valence-electron chi connectivity index (χ3n) is 4.80. The second-order valence-electron chi connectivity index (χ2n) is 6.77. The van der Waals surface area contributed by atoms with Crippen molar-refractivity contribution in [1.29, 1.82) is 0 Å². The zero-order valence-corrected chi connectivity index (χ0v) is 17.4. The Morgan fingerprint density at radius 2 is 1.96 bits per heavy atom. The Bertz CT molecular complexity index is 955. The summed E-state index contributed by atoms with van der Waals surface area (Å²) in [5.74, 6) is -0.256. The number of hydrogen-bond donors (Lipinski definition) is 1. The number of amides is 1. The third kappa shape index (κ3) is 4.48. The van der Waals surface area contributed by atoms with Gasteiger partial charge in [-0.3, -0.25) is 9.10 Å². The van der Waals surface area contributed by atoms with Gasteiger partial charge in [0.2, 0.25) is 0 Å². The number of carbonyl (C=O) groups excluding carboxylic acids is 1. The minimum Gasteiger partial charge on any atom is -0.376 e. The zero-order chi connectivity index (χ0) is 20.3. The van der Waals surface area contributed by atoms with E-state index in [1.165, 1.54) is 35.6 Å². The van der Waals surface area contributed by atoms with E-state index < -0.39 is 10.0 Å². The van der Waals surface area contributed by atoms with Crippen molar-refractivity contribution in [2.45, 2.75) is 30.8 Å². The fourth-order valence-electron chi connectivity index (χ4n) is 3.10. The molecule has 0 saturated carbocycles. The van der Waals surface area contributed by atoms with Crippen LogP contribution in [0, 0.1) is 6.92 Å². The van der Waals surface area contributed by atoms with Crippen LogP contribution >= 0.6 is 11.6 Å². The van der Waals surface area contributed by atoms with Gasteiger partial charge in [0.1, 0.15) is 0 Å². The Balaban J connectivity index is 1.81. The van der Waals surface area contributed by atoms with Crippen LogP contribution in [0.2, 0.25) is 5.02 Å². The van der Waals surface area contributed by atoms with E-state index >= 15 is 0 Å². The summed E-state index contributed by atoms with van der Waals surface area (Å²) in [4.78, 5) is 12.6. The SMILES string of the molecule is Cc1ccc(C(=O)NCC2CCCO2)cc1N(C)S(=O)(=O)c1ccc(Cl)cc1. The number of hydrogen-bond acceptors (Lipinski definition) is 4. The summed E-state index contributed by atoms with van der Waals surface area (Å²) in [6, 6.07) is 11.0. The maximum atomic E-state index is 12.9. The first-order valence-electron chi connectivity index (χ1n) is 9.04. The Kier molecular flexibility index (Phi) is 6.27. The number of benzene rings is 2. The highest BCUT2D eigenvalue weighted by molar-refractivity contribution is 7.92. The molecule has 0 radical (unpaired) electrons. The molecule has 1 aliphatic heterocycles. The van der Waals surface area contributed by atoms with Gasteiger partial charge in [0.15, 0.2) is 0 Å². The lowest BCUT2D eigenvalue weighted by Crippen LogP contribution is -2.32. The molecule has 1 unspecified atom stereocenters. The minimum atomic E-state index is -3.78. The van der Waals surface area contributed by atoms with Gasteiger partial charge in [0.05, 0.1) is 16.7 Å². The van der Waals surface area contributed by atoms with Crippen LogP contribution in [0.15, 0.2) is 47.4 Å². The molecule has 1 fully saturated rings. The molecule has 0 spiro atoms. The molecule has 0 aliphatic carbocycles. The van der Waals surface area contributed by atoms with E-state index in [9.17, 15) is 13.2 Å². The fourth-order valence-corrected chi connectivity index (χ4v) is 4.48. The molecule has 28 heavy (non-hydrogen) atoms. The summed E-state index contributed by atoms with van der Waals surface area (Å²) < 4.78 is 32.6. The molecule has 1 N–H and O–H groups in total. The Hall–Kier alpha value is -2.09. The molecular formula is C20H23ClN2O4S. The van der Waals surface area contributed by atoms with Gasteiger partial charge in [-0.15, -0.1) is 0 Å². The van der Waals surface area contributed by atoms with Crippen molar-refractivity contribution in [2.75, 3.05) is 24.5 Å². The minimum absolute atomic E-state index is 0.0434. The second-order valence-corrected chi connectivity index (χ2v) is 9.18. The molecule has 0 bridgehead atoms. The summed E-state index contributed by atoms with van der Waals surface area (Å²) >= 11 is 5.85. The standard InChI is InChI=1S/C20H23ClN2O4S/c1-14-5-6-15(20(24)22-13-17-4-3-11-27-17)12-19(14)23(2)28(25,26)18-9-7-16(21)8-10-18/h5-10,12,17H,3-4,11,13H2,1-2H3,(H,22,24). The number of halogens is 1. The molecule has 150 valence electrons. The van der Waals surface area contributed by atoms with Crippen LogP contribution in [0.3, 0.4) is 0 Å². The van der Waals surface area contributed by atoms with Gasteiger partial charge in [-0.25, -0.2) is 8.42 Å². The van der Waals surface area contributed by atoms with Gasteiger partial charge >= 0.3 is 0 Å². The van der Waals surface area contributed by atoms with Crippen molar-refractivity contribution in [1.82, 2.24) is 5.32 Å². The average Bonchev–Trinajstić information content (AvgIpc) is 3.20. The van der Waals surface area contributed by atoms with Crippen molar-refractivity contribution in [3.63, 3.8) is 0 Å². The van der Waals surface area contributed by atoms with E-state index in [0.29, 0.717) is 22.8 Å². The molecule has 1 saturated heterocycles. The van der Waals surface area contributed by atoms with Gasteiger partial charge in [-0.2, -0.15) is 0 Å². The summed E-state index contributed by atoms with van der Waals surface area (Å²) in [6.45, 7) is 2.97. The lowest BCUT2D eigenvalue weighted by molar-refractivity contribution is 0.0858. The predicted octanol–water partition coefficient (Wildman–Crippen LogP) is 3.38. The highest BCUT2D eigenvalue weighted by atomic mass is 35.5. The molecule has 1 heterocycles. The highest BCUT2D eigenvalue weighted by Crippen LogP contribution is 2.27. The van der Waals surface area contributed by atoms with E-state index in [1.54, 1.807) is 25.1 Å². The quantitative estimate of drug-likeness (QED) is 0.774. The zero-order valence-electron chi connectivity index (χ0n) is 15.8. The van der Waals surface area contributed by atoms with Crippen molar-refractivity contribution in [3.05, 3.63) is 58.6 Å². The van der Waals surface area contributed by atoms with Crippen LogP contribution in [0.1, 0.15) is 28.8 Å². The summed E-state index contributed by atoms with van der Waals surface area (Å²) in [6.07, 6.45) is 1.98. The maximum absolute atomic E-state index is 12.9. The lowest BCUT2D eigenvalue weighted by atomic mass is 10.1. The number of sulfonamides is 1. The number of aryl methyl sites for hydroxylation is 1. The topological polar surface area (TPSA) is 75.7 Å². The van der Waals surface area contributed by atoms with Crippen molar-refractivity contribution in [2.24, 2.45) is 0 Å². The molecule has 2 aromatic carbocycles.